The summed E-state index contributed by atoms with van der Waals surface area (Å²) < 4.78 is 37.3. The van der Waals surface area contributed by atoms with Crippen molar-refractivity contribution in [3.05, 3.63) is 37.4 Å². The maximum absolute atomic E-state index is 12.4. The number of nitrogens with zero attached hydrogens (tertiary/aromatic N) is 1. The van der Waals surface area contributed by atoms with Gasteiger partial charge in [0.05, 0.1) is 20.5 Å². The predicted octanol–water partition coefficient (Wildman–Crippen LogP) is 4.23. The van der Waals surface area contributed by atoms with Crippen LogP contribution in [0.15, 0.2) is 6.07 Å². The summed E-state index contributed by atoms with van der Waals surface area (Å²) in [6.45, 7) is 1.23. The molecule has 16 heavy (non-hydrogen) atoms. The Kier molecular flexibility index (Phi) is 3.35. The van der Waals surface area contributed by atoms with E-state index in [0.29, 0.717) is 6.07 Å². The van der Waals surface area contributed by atoms with Crippen LogP contribution in [0.1, 0.15) is 11.1 Å². The number of rotatable bonds is 1. The van der Waals surface area contributed by atoms with Gasteiger partial charge in [0.15, 0.2) is 0 Å². The molecule has 0 unspecified atom stereocenters. The lowest BCUT2D eigenvalue weighted by Crippen LogP contribution is -2.08. The van der Waals surface area contributed by atoms with E-state index < -0.39 is 32.4 Å². The lowest BCUT2D eigenvalue weighted by atomic mass is 10.1. The summed E-state index contributed by atoms with van der Waals surface area (Å²) >= 11 is 10.9. The molecule has 0 radical (unpaired) electrons. The molecule has 0 saturated carbocycles. The number of nitro benzene ring substituents is 1. The second-order valence-electron chi connectivity index (χ2n) is 2.95. The van der Waals surface area contributed by atoms with Crippen molar-refractivity contribution in [2.45, 2.75) is 13.1 Å². The first kappa shape index (κ1) is 13.1. The van der Waals surface area contributed by atoms with Crippen LogP contribution in [0.2, 0.25) is 10.0 Å². The highest BCUT2D eigenvalue weighted by molar-refractivity contribution is 6.43. The summed E-state index contributed by atoms with van der Waals surface area (Å²) in [4.78, 5) is 9.56. The number of hydrogen-bond donors (Lipinski definition) is 0. The molecular weight excluding hydrogens is 270 g/mol. The molecule has 0 aromatic heterocycles. The van der Waals surface area contributed by atoms with Gasteiger partial charge < -0.3 is 0 Å². The molecule has 0 amide bonds. The summed E-state index contributed by atoms with van der Waals surface area (Å²) in [6, 6.07) is 0.379. The van der Waals surface area contributed by atoms with Crippen molar-refractivity contribution < 1.29 is 18.1 Å². The van der Waals surface area contributed by atoms with Crippen molar-refractivity contribution in [3.8, 4) is 0 Å². The Hall–Kier alpha value is -1.01. The van der Waals surface area contributed by atoms with E-state index in [1.807, 2.05) is 0 Å². The fourth-order valence-electron chi connectivity index (χ4n) is 1.10. The van der Waals surface area contributed by atoms with Gasteiger partial charge in [0.25, 0.3) is 5.69 Å². The zero-order valence-corrected chi connectivity index (χ0v) is 9.24. The fourth-order valence-corrected chi connectivity index (χ4v) is 1.60. The van der Waals surface area contributed by atoms with Crippen LogP contribution in [0.5, 0.6) is 0 Å². The third-order valence-electron chi connectivity index (χ3n) is 1.93. The van der Waals surface area contributed by atoms with Crippen molar-refractivity contribution in [2.24, 2.45) is 0 Å². The van der Waals surface area contributed by atoms with Gasteiger partial charge in [-0.1, -0.05) is 23.2 Å². The van der Waals surface area contributed by atoms with E-state index in [1.165, 1.54) is 6.92 Å². The van der Waals surface area contributed by atoms with Crippen LogP contribution in [-0.2, 0) is 6.18 Å². The standard InChI is InChI=1S/C8H4Cl2F3NO2/c1-3-5(14(15)16)2-4(8(11,12)13)7(10)6(3)9/h2H,1H3. The van der Waals surface area contributed by atoms with Crippen molar-refractivity contribution in [2.75, 3.05) is 0 Å². The third-order valence-corrected chi connectivity index (χ3v) is 2.89. The zero-order chi connectivity index (χ0) is 12.7. The third kappa shape index (κ3) is 2.22. The maximum Gasteiger partial charge on any atom is 0.418 e. The largest absolute Gasteiger partial charge is 0.418 e. The quantitative estimate of drug-likeness (QED) is 0.568. The van der Waals surface area contributed by atoms with E-state index in [2.05, 4.69) is 0 Å². The summed E-state index contributed by atoms with van der Waals surface area (Å²) in [7, 11) is 0. The first-order valence-electron chi connectivity index (χ1n) is 3.86. The number of halogens is 5. The first-order chi connectivity index (χ1) is 7.16. The van der Waals surface area contributed by atoms with Crippen LogP contribution in [0.3, 0.4) is 0 Å². The molecule has 0 atom stereocenters. The van der Waals surface area contributed by atoms with Crippen LogP contribution in [-0.4, -0.2) is 4.92 Å². The van der Waals surface area contributed by atoms with Gasteiger partial charge in [-0.05, 0) is 6.92 Å². The van der Waals surface area contributed by atoms with Gasteiger partial charge in [0, 0.05) is 11.6 Å². The summed E-state index contributed by atoms with van der Waals surface area (Å²) in [5.41, 5.74) is -2.11. The van der Waals surface area contributed by atoms with Crippen molar-refractivity contribution in [3.63, 3.8) is 0 Å². The smallest absolute Gasteiger partial charge is 0.258 e. The molecule has 0 heterocycles. The Morgan fingerprint density at radius 2 is 1.81 bits per heavy atom. The molecular formula is C8H4Cl2F3NO2. The monoisotopic (exact) mass is 273 g/mol. The van der Waals surface area contributed by atoms with Crippen LogP contribution >= 0.6 is 23.2 Å². The van der Waals surface area contributed by atoms with E-state index >= 15 is 0 Å². The van der Waals surface area contributed by atoms with Crippen molar-refractivity contribution >= 4 is 28.9 Å². The highest BCUT2D eigenvalue weighted by Crippen LogP contribution is 2.42. The average molecular weight is 274 g/mol. The van der Waals surface area contributed by atoms with Gasteiger partial charge in [-0.3, -0.25) is 10.1 Å². The molecule has 1 rings (SSSR count). The van der Waals surface area contributed by atoms with Crippen molar-refractivity contribution in [1.82, 2.24) is 0 Å². The minimum Gasteiger partial charge on any atom is -0.258 e. The van der Waals surface area contributed by atoms with Crippen LogP contribution < -0.4 is 0 Å². The Bertz CT molecular complexity index is 460. The number of alkyl halides is 3. The Balaban J connectivity index is 3.61. The predicted molar refractivity (Wildman–Crippen MR) is 52.9 cm³/mol. The van der Waals surface area contributed by atoms with Gasteiger partial charge in [0.2, 0.25) is 0 Å². The minimum atomic E-state index is -4.78. The molecule has 0 aliphatic carbocycles. The minimum absolute atomic E-state index is 0.0929. The molecule has 8 heteroatoms. The van der Waals surface area contributed by atoms with E-state index in [1.54, 1.807) is 0 Å². The summed E-state index contributed by atoms with van der Waals surface area (Å²) in [5.74, 6) is 0. The SMILES string of the molecule is Cc1c([N+](=O)[O-])cc(C(F)(F)F)c(Cl)c1Cl. The molecule has 3 nitrogen and oxygen atoms in total. The summed E-state index contributed by atoms with van der Waals surface area (Å²) in [6.07, 6.45) is -4.78. The van der Waals surface area contributed by atoms with Gasteiger partial charge in [-0.15, -0.1) is 0 Å². The molecule has 0 fully saturated rings. The zero-order valence-electron chi connectivity index (χ0n) is 7.73. The Morgan fingerprint density at radius 1 is 1.31 bits per heavy atom. The van der Waals surface area contributed by atoms with Crippen LogP contribution in [0.25, 0.3) is 0 Å². The molecule has 0 spiro atoms. The molecule has 1 aromatic carbocycles. The number of benzene rings is 1. The molecule has 0 saturated heterocycles. The van der Waals surface area contributed by atoms with Crippen LogP contribution in [0.4, 0.5) is 18.9 Å². The maximum atomic E-state index is 12.4. The fraction of sp³-hybridized carbons (Fsp3) is 0.250. The van der Waals surface area contributed by atoms with E-state index in [4.69, 9.17) is 23.2 Å². The normalized spacial score (nSPS) is 11.6. The van der Waals surface area contributed by atoms with E-state index in [9.17, 15) is 23.3 Å². The summed E-state index contributed by atoms with van der Waals surface area (Å²) in [5, 5.41) is 9.32. The highest BCUT2D eigenvalue weighted by atomic mass is 35.5. The molecule has 88 valence electrons. The van der Waals surface area contributed by atoms with Gasteiger partial charge >= 0.3 is 6.18 Å². The van der Waals surface area contributed by atoms with Gasteiger partial charge in [0.1, 0.15) is 0 Å². The molecule has 0 aliphatic rings. The molecule has 0 bridgehead atoms. The Labute approximate surface area is 97.9 Å². The highest BCUT2D eigenvalue weighted by Gasteiger charge is 2.37. The topological polar surface area (TPSA) is 43.1 Å². The molecule has 1 aromatic rings. The lowest BCUT2D eigenvalue weighted by molar-refractivity contribution is -0.385. The molecule has 0 N–H and O–H groups in total. The second-order valence-corrected chi connectivity index (χ2v) is 3.71. The number of hydrogen-bond acceptors (Lipinski definition) is 2. The average Bonchev–Trinajstić information content (AvgIpc) is 2.11. The molecule has 0 aliphatic heterocycles. The number of nitro groups is 1. The van der Waals surface area contributed by atoms with Crippen LogP contribution in [0, 0.1) is 17.0 Å². The van der Waals surface area contributed by atoms with Gasteiger partial charge in [-0.25, -0.2) is 0 Å². The second kappa shape index (κ2) is 4.10. The Morgan fingerprint density at radius 3 is 2.19 bits per heavy atom. The van der Waals surface area contributed by atoms with E-state index in [-0.39, 0.29) is 5.56 Å². The first-order valence-corrected chi connectivity index (χ1v) is 4.62. The lowest BCUT2D eigenvalue weighted by Gasteiger charge is -2.11. The van der Waals surface area contributed by atoms with E-state index in [0.717, 1.165) is 0 Å². The van der Waals surface area contributed by atoms with Crippen molar-refractivity contribution in [1.29, 1.82) is 0 Å². The van der Waals surface area contributed by atoms with Gasteiger partial charge in [-0.2, -0.15) is 13.2 Å².